The van der Waals surface area contributed by atoms with Crippen LogP contribution in [0.1, 0.15) is 0 Å². The van der Waals surface area contributed by atoms with Crippen LogP contribution in [0, 0.1) is 0 Å². The maximum Gasteiger partial charge on any atom is 0.161 e. The molecule has 10 rings (SSSR count). The van der Waals surface area contributed by atoms with E-state index in [2.05, 4.69) is 181 Å². The standard InChI is InChI=1S/C49H32N2O/c1-3-13-33(14-4-1)36-19-11-20-39(29-36)51(40-30-38-25-27-44-43-22-9-10-24-47(43)52-49(44)48(38)50-32-40)46-28-26-37(34-15-5-2-6-16-34)31-45(46)42-23-12-18-35-17-7-8-21-41(35)42/h1-32H. The molecule has 0 amide bonds. The molecule has 0 saturated carbocycles. The number of hydrogen-bond acceptors (Lipinski definition) is 3. The molecule has 0 aliphatic heterocycles. The highest BCUT2D eigenvalue weighted by Crippen LogP contribution is 2.46. The van der Waals surface area contributed by atoms with Crippen LogP contribution in [0.4, 0.5) is 17.1 Å². The van der Waals surface area contributed by atoms with E-state index in [1.54, 1.807) is 0 Å². The zero-order chi connectivity index (χ0) is 34.4. The van der Waals surface area contributed by atoms with Gasteiger partial charge in [-0.1, -0.05) is 146 Å². The first-order chi connectivity index (χ1) is 25.8. The Labute approximate surface area is 301 Å². The first-order valence-corrected chi connectivity index (χ1v) is 17.6. The fourth-order valence-electron chi connectivity index (χ4n) is 7.59. The molecule has 3 heteroatoms. The molecule has 2 heterocycles. The van der Waals surface area contributed by atoms with Gasteiger partial charge < -0.3 is 9.32 Å². The number of para-hydroxylation sites is 1. The molecule has 0 spiro atoms. The summed E-state index contributed by atoms with van der Waals surface area (Å²) in [6.07, 6.45) is 1.99. The van der Waals surface area contributed by atoms with Crippen LogP contribution in [0.5, 0.6) is 0 Å². The molecule has 52 heavy (non-hydrogen) atoms. The van der Waals surface area contributed by atoms with Crippen molar-refractivity contribution in [2.45, 2.75) is 0 Å². The predicted octanol–water partition coefficient (Wildman–Crippen LogP) is 13.8. The summed E-state index contributed by atoms with van der Waals surface area (Å²) in [7, 11) is 0. The number of rotatable bonds is 6. The van der Waals surface area contributed by atoms with Gasteiger partial charge in [-0.2, -0.15) is 0 Å². The van der Waals surface area contributed by atoms with E-state index in [1.807, 2.05) is 18.3 Å². The molecule has 0 bridgehead atoms. The lowest BCUT2D eigenvalue weighted by Crippen LogP contribution is -2.12. The smallest absolute Gasteiger partial charge is 0.161 e. The number of aromatic nitrogens is 1. The van der Waals surface area contributed by atoms with E-state index in [4.69, 9.17) is 9.40 Å². The largest absolute Gasteiger partial charge is 0.454 e. The van der Waals surface area contributed by atoms with E-state index >= 15 is 0 Å². The fraction of sp³-hybridized carbons (Fsp3) is 0. The van der Waals surface area contributed by atoms with Gasteiger partial charge in [0.15, 0.2) is 5.58 Å². The van der Waals surface area contributed by atoms with Crippen LogP contribution >= 0.6 is 0 Å². The number of furan rings is 1. The molecule has 8 aromatic carbocycles. The van der Waals surface area contributed by atoms with Gasteiger partial charge >= 0.3 is 0 Å². The second kappa shape index (κ2) is 12.4. The first kappa shape index (κ1) is 29.9. The summed E-state index contributed by atoms with van der Waals surface area (Å²) < 4.78 is 6.40. The highest BCUT2D eigenvalue weighted by Gasteiger charge is 2.21. The van der Waals surface area contributed by atoms with Crippen molar-refractivity contribution in [3.05, 3.63) is 194 Å². The fourth-order valence-corrected chi connectivity index (χ4v) is 7.59. The normalized spacial score (nSPS) is 11.5. The van der Waals surface area contributed by atoms with Crippen LogP contribution < -0.4 is 4.90 Å². The van der Waals surface area contributed by atoms with E-state index in [0.717, 1.165) is 66.6 Å². The molecule has 0 saturated heterocycles. The predicted molar refractivity (Wildman–Crippen MR) is 218 cm³/mol. The molecule has 0 unspecified atom stereocenters. The third-order valence-corrected chi connectivity index (χ3v) is 10.1. The Hall–Kier alpha value is -6.97. The van der Waals surface area contributed by atoms with E-state index in [0.29, 0.717) is 0 Å². The third kappa shape index (κ3) is 5.10. The molecule has 0 N–H and O–H groups in total. The van der Waals surface area contributed by atoms with Gasteiger partial charge in [0.2, 0.25) is 0 Å². The lowest BCUT2D eigenvalue weighted by molar-refractivity contribution is 0.671. The number of nitrogens with zero attached hydrogens (tertiary/aromatic N) is 2. The van der Waals surface area contributed by atoms with Crippen molar-refractivity contribution in [3.8, 4) is 33.4 Å². The summed E-state index contributed by atoms with van der Waals surface area (Å²) in [6.45, 7) is 0. The number of hydrogen-bond donors (Lipinski definition) is 0. The molecule has 0 radical (unpaired) electrons. The molecule has 244 valence electrons. The molecular weight excluding hydrogens is 633 g/mol. The highest BCUT2D eigenvalue weighted by molar-refractivity contribution is 6.14. The average Bonchev–Trinajstić information content (AvgIpc) is 3.61. The van der Waals surface area contributed by atoms with Crippen LogP contribution in [-0.2, 0) is 0 Å². The molecule has 10 aromatic rings. The second-order valence-corrected chi connectivity index (χ2v) is 13.2. The van der Waals surface area contributed by atoms with Gasteiger partial charge in [-0.3, -0.25) is 4.98 Å². The van der Waals surface area contributed by atoms with E-state index in [-0.39, 0.29) is 0 Å². The van der Waals surface area contributed by atoms with E-state index in [1.165, 1.54) is 27.5 Å². The minimum absolute atomic E-state index is 0.812. The summed E-state index contributed by atoms with van der Waals surface area (Å²) in [5, 5.41) is 5.60. The van der Waals surface area contributed by atoms with Crippen LogP contribution in [0.15, 0.2) is 199 Å². The monoisotopic (exact) mass is 664 g/mol. The minimum Gasteiger partial charge on any atom is -0.454 e. The SMILES string of the molecule is c1ccc(-c2cccc(N(c3cnc4c(ccc5c6ccccc6oc54)c3)c3ccc(-c4ccccc4)cc3-c3cccc4ccccc34)c2)cc1. The molecule has 0 aliphatic rings. The van der Waals surface area contributed by atoms with Gasteiger partial charge in [0.25, 0.3) is 0 Å². The Morgan fingerprint density at radius 1 is 0.404 bits per heavy atom. The number of anilines is 3. The summed E-state index contributed by atoms with van der Waals surface area (Å²) >= 11 is 0. The lowest BCUT2D eigenvalue weighted by atomic mass is 9.93. The van der Waals surface area contributed by atoms with Crippen LogP contribution in [0.2, 0.25) is 0 Å². The van der Waals surface area contributed by atoms with E-state index < -0.39 is 0 Å². The molecular formula is C49H32N2O. The summed E-state index contributed by atoms with van der Waals surface area (Å²) in [5.74, 6) is 0. The molecule has 0 aliphatic carbocycles. The van der Waals surface area contributed by atoms with Gasteiger partial charge in [-0.05, 0) is 81.1 Å². The minimum atomic E-state index is 0.812. The molecule has 0 fully saturated rings. The zero-order valence-electron chi connectivity index (χ0n) is 28.3. The maximum absolute atomic E-state index is 6.40. The van der Waals surface area contributed by atoms with Crippen molar-refractivity contribution in [2.24, 2.45) is 0 Å². The maximum atomic E-state index is 6.40. The second-order valence-electron chi connectivity index (χ2n) is 13.2. The Bertz CT molecular complexity index is 2910. The lowest BCUT2D eigenvalue weighted by Gasteiger charge is -2.29. The van der Waals surface area contributed by atoms with Gasteiger partial charge in [0, 0.05) is 27.4 Å². The highest BCUT2D eigenvalue weighted by atomic mass is 16.3. The van der Waals surface area contributed by atoms with Crippen LogP contribution in [0.3, 0.4) is 0 Å². The van der Waals surface area contributed by atoms with Gasteiger partial charge in [-0.25, -0.2) is 0 Å². The number of pyridine rings is 1. The Morgan fingerprint density at radius 2 is 1.08 bits per heavy atom. The van der Waals surface area contributed by atoms with Crippen LogP contribution in [0.25, 0.3) is 77.0 Å². The summed E-state index contributed by atoms with van der Waals surface area (Å²) in [5.41, 5.74) is 12.6. The van der Waals surface area contributed by atoms with Gasteiger partial charge in [-0.15, -0.1) is 0 Å². The van der Waals surface area contributed by atoms with Gasteiger partial charge in [0.1, 0.15) is 11.1 Å². The molecule has 0 atom stereocenters. The molecule has 2 aromatic heterocycles. The number of fused-ring (bicyclic) bond motifs is 6. The summed E-state index contributed by atoms with van der Waals surface area (Å²) in [4.78, 5) is 7.49. The Balaban J connectivity index is 1.24. The Morgan fingerprint density at radius 3 is 1.90 bits per heavy atom. The molecule has 3 nitrogen and oxygen atoms in total. The van der Waals surface area contributed by atoms with Crippen LogP contribution in [-0.4, -0.2) is 4.98 Å². The van der Waals surface area contributed by atoms with Gasteiger partial charge in [0.05, 0.1) is 17.6 Å². The zero-order valence-corrected chi connectivity index (χ0v) is 28.3. The quantitative estimate of drug-likeness (QED) is 0.177. The van der Waals surface area contributed by atoms with Crippen molar-refractivity contribution >= 4 is 60.7 Å². The van der Waals surface area contributed by atoms with Crippen molar-refractivity contribution in [1.82, 2.24) is 4.98 Å². The first-order valence-electron chi connectivity index (χ1n) is 17.6. The van der Waals surface area contributed by atoms with Crippen molar-refractivity contribution in [1.29, 1.82) is 0 Å². The summed E-state index contributed by atoms with van der Waals surface area (Å²) in [6, 6.07) is 66.8. The van der Waals surface area contributed by atoms with Crippen molar-refractivity contribution in [3.63, 3.8) is 0 Å². The third-order valence-electron chi connectivity index (χ3n) is 10.1. The number of benzene rings is 8. The topological polar surface area (TPSA) is 29.3 Å². The Kier molecular flexibility index (Phi) is 7.14. The van der Waals surface area contributed by atoms with E-state index in [9.17, 15) is 0 Å². The average molecular weight is 665 g/mol. The van der Waals surface area contributed by atoms with Crippen molar-refractivity contribution in [2.75, 3.05) is 4.90 Å². The van der Waals surface area contributed by atoms with Crippen molar-refractivity contribution < 1.29 is 4.42 Å².